The first-order valence-corrected chi connectivity index (χ1v) is 12.3. The third kappa shape index (κ3) is 7.96. The number of nitrogens with zero attached hydrogens (tertiary/aromatic N) is 1. The molecule has 1 nitrogen and oxygen atoms in total. The zero-order valence-corrected chi connectivity index (χ0v) is 18.3. The molecule has 0 aromatic rings. The first kappa shape index (κ1) is 22.2. The summed E-state index contributed by atoms with van der Waals surface area (Å²) >= 11 is 0.569. The summed E-state index contributed by atoms with van der Waals surface area (Å²) in [5.41, 5.74) is 0. The van der Waals surface area contributed by atoms with Crippen LogP contribution in [0.4, 0.5) is 0 Å². The van der Waals surface area contributed by atoms with E-state index < -0.39 is 0 Å². The second-order valence-corrected chi connectivity index (χ2v) is 10.0. The van der Waals surface area contributed by atoms with Crippen molar-refractivity contribution in [3.8, 4) is 0 Å². The van der Waals surface area contributed by atoms with Crippen molar-refractivity contribution in [2.75, 3.05) is 20.6 Å². The van der Waals surface area contributed by atoms with Crippen LogP contribution in [0.15, 0.2) is 12.2 Å². The van der Waals surface area contributed by atoms with Crippen molar-refractivity contribution in [3.63, 3.8) is 0 Å². The zero-order chi connectivity index (χ0) is 17.1. The van der Waals surface area contributed by atoms with Crippen LogP contribution in [-0.4, -0.2) is 30.7 Å². The van der Waals surface area contributed by atoms with Crippen LogP contribution in [-0.2, 0) is 12.7 Å². The van der Waals surface area contributed by atoms with Crippen molar-refractivity contribution < 1.29 is 12.7 Å². The minimum absolute atomic E-state index is 0.386. The molecule has 0 N–H and O–H groups in total. The van der Waals surface area contributed by atoms with Gasteiger partial charge in [0, 0.05) is 11.7 Å². The molecular formula is C18H34Cl2NNiP. The molecule has 5 heteroatoms. The maximum atomic E-state index is 4.70. The SMILES string of the molecule is CN(C)C/C=C/C(P)(C1CCCCC1)C1CCCCC1.[Cl][Ni][Cl]. The summed E-state index contributed by atoms with van der Waals surface area (Å²) in [5.74, 6) is 1.81. The van der Waals surface area contributed by atoms with Gasteiger partial charge in [0.2, 0.25) is 0 Å². The van der Waals surface area contributed by atoms with Crippen molar-refractivity contribution in [2.45, 2.75) is 69.4 Å². The van der Waals surface area contributed by atoms with Crippen molar-refractivity contribution in [2.24, 2.45) is 11.8 Å². The third-order valence-corrected chi connectivity index (χ3v) is 6.64. The summed E-state index contributed by atoms with van der Waals surface area (Å²) in [6.45, 7) is 1.08. The summed E-state index contributed by atoms with van der Waals surface area (Å²) < 4.78 is 0. The number of likely N-dealkylation sites (N-methyl/N-ethyl adjacent to an activating group) is 1. The van der Waals surface area contributed by atoms with Crippen LogP contribution in [0.3, 0.4) is 0 Å². The Morgan fingerprint density at radius 1 is 0.957 bits per heavy atom. The summed E-state index contributed by atoms with van der Waals surface area (Å²) in [4.78, 5) is 2.27. The van der Waals surface area contributed by atoms with Gasteiger partial charge in [-0.25, -0.2) is 0 Å². The van der Waals surface area contributed by atoms with Gasteiger partial charge in [-0.1, -0.05) is 50.7 Å². The van der Waals surface area contributed by atoms with E-state index in [-0.39, 0.29) is 0 Å². The first-order valence-electron chi connectivity index (χ1n) is 8.98. The molecule has 2 saturated carbocycles. The van der Waals surface area contributed by atoms with Gasteiger partial charge in [0.05, 0.1) is 0 Å². The molecule has 0 bridgehead atoms. The van der Waals surface area contributed by atoms with Gasteiger partial charge in [-0.15, -0.1) is 9.24 Å². The molecule has 0 aromatic carbocycles. The van der Waals surface area contributed by atoms with Crippen LogP contribution in [0.1, 0.15) is 64.2 Å². The monoisotopic (exact) mass is 423 g/mol. The Hall–Kier alpha value is 1.20. The van der Waals surface area contributed by atoms with Gasteiger partial charge >= 0.3 is 33.0 Å². The Balaban J connectivity index is 0.000000816. The second-order valence-electron chi connectivity index (χ2n) is 7.38. The minimum atomic E-state index is 0.386. The van der Waals surface area contributed by atoms with E-state index >= 15 is 0 Å². The summed E-state index contributed by atoms with van der Waals surface area (Å²) in [7, 11) is 17.1. The van der Waals surface area contributed by atoms with Crippen LogP contribution >= 0.6 is 29.6 Å². The number of rotatable bonds is 5. The average Bonchev–Trinajstić information content (AvgIpc) is 2.57. The summed E-state index contributed by atoms with van der Waals surface area (Å²) in [6.07, 6.45) is 19.6. The Kier molecular flexibility index (Phi) is 12.1. The molecular weight excluding hydrogens is 391 g/mol. The molecule has 1 unspecified atom stereocenters. The molecule has 0 radical (unpaired) electrons. The van der Waals surface area contributed by atoms with Crippen LogP contribution in [0, 0.1) is 11.8 Å². The topological polar surface area (TPSA) is 3.24 Å². The predicted octanol–water partition coefficient (Wildman–Crippen LogP) is 6.26. The molecule has 140 valence electrons. The normalized spacial score (nSPS) is 21.7. The fraction of sp³-hybridized carbons (Fsp3) is 0.889. The Morgan fingerprint density at radius 2 is 1.35 bits per heavy atom. The van der Waals surface area contributed by atoms with Crippen molar-refractivity contribution in [3.05, 3.63) is 12.2 Å². The van der Waals surface area contributed by atoms with Crippen molar-refractivity contribution in [1.29, 1.82) is 0 Å². The molecule has 2 rings (SSSR count). The quantitative estimate of drug-likeness (QED) is 0.286. The molecule has 0 saturated heterocycles. The van der Waals surface area contributed by atoms with E-state index in [0.717, 1.165) is 18.4 Å². The molecule has 0 aliphatic heterocycles. The molecule has 1 atom stereocenters. The molecule has 0 heterocycles. The maximum absolute atomic E-state index is 4.70. The van der Waals surface area contributed by atoms with Crippen LogP contribution in [0.5, 0.6) is 0 Å². The van der Waals surface area contributed by atoms with E-state index in [2.05, 4.69) is 40.4 Å². The van der Waals surface area contributed by atoms with E-state index in [0.29, 0.717) is 17.8 Å². The Labute approximate surface area is 160 Å². The van der Waals surface area contributed by atoms with Gasteiger partial charge < -0.3 is 4.90 Å². The first-order chi connectivity index (χ1) is 11.0. The molecule has 23 heavy (non-hydrogen) atoms. The van der Waals surface area contributed by atoms with E-state index in [1.165, 1.54) is 64.2 Å². The fourth-order valence-corrected chi connectivity index (χ4v) is 5.08. The third-order valence-electron chi connectivity index (χ3n) is 5.50. The van der Waals surface area contributed by atoms with Gasteiger partial charge in [-0.3, -0.25) is 0 Å². The molecule has 0 spiro atoms. The van der Waals surface area contributed by atoms with Crippen LogP contribution < -0.4 is 0 Å². The predicted molar refractivity (Wildman–Crippen MR) is 105 cm³/mol. The van der Waals surface area contributed by atoms with Gasteiger partial charge in [-0.2, -0.15) is 0 Å². The molecule has 0 aromatic heterocycles. The van der Waals surface area contributed by atoms with E-state index in [9.17, 15) is 0 Å². The fourth-order valence-electron chi connectivity index (χ4n) is 4.28. The number of allylic oxidation sites excluding steroid dienone is 1. The van der Waals surface area contributed by atoms with Gasteiger partial charge in [0.1, 0.15) is 0 Å². The van der Waals surface area contributed by atoms with E-state index in [1.807, 2.05) is 0 Å². The van der Waals surface area contributed by atoms with E-state index in [4.69, 9.17) is 20.4 Å². The zero-order valence-electron chi connectivity index (χ0n) is 14.7. The van der Waals surface area contributed by atoms with Gasteiger partial charge in [0.25, 0.3) is 0 Å². The second kappa shape index (κ2) is 12.5. The van der Waals surface area contributed by atoms with Gasteiger partial charge in [-0.05, 0) is 51.6 Å². The van der Waals surface area contributed by atoms with Crippen molar-refractivity contribution in [1.82, 2.24) is 4.90 Å². The standard InChI is InChI=1S/C18H34NP.2ClH.Ni/c1-19(2)15-9-14-18(20,16-10-5-3-6-11-16)17-12-7-4-8-13-17;;;/h9,14,16-17H,3-8,10-13,15,20H2,1-2H3;2*1H;/q;;;+2/p-2/b14-9+;;;. The van der Waals surface area contributed by atoms with Crippen LogP contribution in [0.2, 0.25) is 0 Å². The van der Waals surface area contributed by atoms with E-state index in [1.54, 1.807) is 0 Å². The van der Waals surface area contributed by atoms with Gasteiger partial charge in [0.15, 0.2) is 0 Å². The number of halogens is 2. The van der Waals surface area contributed by atoms with Crippen molar-refractivity contribution >= 4 is 29.6 Å². The summed E-state index contributed by atoms with van der Waals surface area (Å²) in [5, 5.41) is 0.386. The molecule has 0 amide bonds. The average molecular weight is 425 g/mol. The van der Waals surface area contributed by atoms with Crippen LogP contribution in [0.25, 0.3) is 0 Å². The number of hydrogen-bond donors (Lipinski definition) is 0. The molecule has 2 aliphatic rings. The molecule has 2 fully saturated rings. The number of hydrogen-bond acceptors (Lipinski definition) is 1. The Bertz CT molecular complexity index is 309. The summed E-state index contributed by atoms with van der Waals surface area (Å²) in [6, 6.07) is 0. The Morgan fingerprint density at radius 3 is 1.70 bits per heavy atom. The molecule has 2 aliphatic carbocycles.